The van der Waals surface area contributed by atoms with Crippen LogP contribution >= 0.6 is 22.6 Å². The van der Waals surface area contributed by atoms with Crippen LogP contribution in [0.4, 0.5) is 0 Å². The molecule has 11 heavy (non-hydrogen) atoms. The second-order valence-electron chi connectivity index (χ2n) is 2.72. The number of hydrogen-bond donors (Lipinski definition) is 0. The average Bonchev–Trinajstić information content (AvgIpc) is 2.03. The zero-order valence-corrected chi connectivity index (χ0v) is 9.14. The molecule has 1 nitrogen and oxygen atoms in total. The number of alkyl halides is 1. The lowest BCUT2D eigenvalue weighted by molar-refractivity contribution is 0.616. The van der Waals surface area contributed by atoms with Gasteiger partial charge in [0, 0.05) is 6.42 Å². The molecule has 0 amide bonds. The van der Waals surface area contributed by atoms with Crippen molar-refractivity contribution in [2.75, 3.05) is 4.43 Å². The summed E-state index contributed by atoms with van der Waals surface area (Å²) in [6, 6.07) is 2.17. The van der Waals surface area contributed by atoms with E-state index in [0.29, 0.717) is 0 Å². The largest absolute Gasteiger partial charge is 0.198 e. The fraction of sp³-hybridized carbons (Fsp3) is 0.889. The summed E-state index contributed by atoms with van der Waals surface area (Å²) in [4.78, 5) is 0. The summed E-state index contributed by atoms with van der Waals surface area (Å²) in [6.07, 6.45) is 8.49. The highest BCUT2D eigenvalue weighted by atomic mass is 127. The molecule has 0 aliphatic heterocycles. The number of nitrogens with zero attached hydrogens (tertiary/aromatic N) is 1. The Hall–Kier alpha value is 0.220. The second kappa shape index (κ2) is 10.2. The minimum Gasteiger partial charge on any atom is -0.198 e. The smallest absolute Gasteiger partial charge is 0.0621 e. The van der Waals surface area contributed by atoms with Crippen molar-refractivity contribution in [1.29, 1.82) is 5.26 Å². The van der Waals surface area contributed by atoms with Crippen molar-refractivity contribution in [3.8, 4) is 6.07 Å². The lowest BCUT2D eigenvalue weighted by Gasteiger charge is -1.96. The third kappa shape index (κ3) is 10.2. The Morgan fingerprint density at radius 2 is 1.45 bits per heavy atom. The van der Waals surface area contributed by atoms with Gasteiger partial charge in [0.1, 0.15) is 0 Å². The van der Waals surface area contributed by atoms with Crippen LogP contribution in [0, 0.1) is 11.3 Å². The quantitative estimate of drug-likeness (QED) is 0.391. The van der Waals surface area contributed by atoms with Crippen LogP contribution in [0.25, 0.3) is 0 Å². The van der Waals surface area contributed by atoms with Gasteiger partial charge in [0.15, 0.2) is 0 Å². The van der Waals surface area contributed by atoms with Crippen molar-refractivity contribution in [3.63, 3.8) is 0 Å². The summed E-state index contributed by atoms with van der Waals surface area (Å²) < 4.78 is 1.29. The molecule has 0 fully saturated rings. The maximum Gasteiger partial charge on any atom is 0.0621 e. The Bertz CT molecular complexity index is 107. The van der Waals surface area contributed by atoms with Gasteiger partial charge in [-0.3, -0.25) is 0 Å². The SMILES string of the molecule is N#CCCCCCCCCI. The van der Waals surface area contributed by atoms with Crippen molar-refractivity contribution in [1.82, 2.24) is 0 Å². The molecular weight excluding hydrogens is 249 g/mol. The van der Waals surface area contributed by atoms with Gasteiger partial charge in [0.05, 0.1) is 6.07 Å². The minimum absolute atomic E-state index is 0.742. The molecule has 0 saturated carbocycles. The van der Waals surface area contributed by atoms with Crippen LogP contribution in [0.5, 0.6) is 0 Å². The predicted molar refractivity (Wildman–Crippen MR) is 56.8 cm³/mol. The summed E-state index contributed by atoms with van der Waals surface area (Å²) in [5.41, 5.74) is 0. The molecule has 0 atom stereocenters. The molecule has 0 radical (unpaired) electrons. The first-order chi connectivity index (χ1) is 5.41. The molecule has 0 N–H and O–H groups in total. The molecule has 0 rings (SSSR count). The Balaban J connectivity index is 2.75. The van der Waals surface area contributed by atoms with E-state index >= 15 is 0 Å². The fourth-order valence-electron chi connectivity index (χ4n) is 1.01. The van der Waals surface area contributed by atoms with Gasteiger partial charge in [0.2, 0.25) is 0 Å². The fourth-order valence-corrected chi connectivity index (χ4v) is 1.55. The van der Waals surface area contributed by atoms with Crippen molar-refractivity contribution in [3.05, 3.63) is 0 Å². The van der Waals surface area contributed by atoms with Gasteiger partial charge in [-0.05, 0) is 17.3 Å². The van der Waals surface area contributed by atoms with E-state index in [9.17, 15) is 0 Å². The monoisotopic (exact) mass is 265 g/mol. The van der Waals surface area contributed by atoms with Crippen LogP contribution in [0.15, 0.2) is 0 Å². The third-order valence-electron chi connectivity index (χ3n) is 1.67. The molecule has 64 valence electrons. The minimum atomic E-state index is 0.742. The molecule has 0 heterocycles. The van der Waals surface area contributed by atoms with Crippen LogP contribution in [0.2, 0.25) is 0 Å². The van der Waals surface area contributed by atoms with E-state index in [1.54, 1.807) is 0 Å². The van der Waals surface area contributed by atoms with E-state index in [1.807, 2.05) is 0 Å². The van der Waals surface area contributed by atoms with Gasteiger partial charge < -0.3 is 0 Å². The Morgan fingerprint density at radius 3 is 2.00 bits per heavy atom. The summed E-state index contributed by atoms with van der Waals surface area (Å²) >= 11 is 2.42. The van der Waals surface area contributed by atoms with Crippen molar-refractivity contribution in [2.24, 2.45) is 0 Å². The van der Waals surface area contributed by atoms with E-state index in [0.717, 1.165) is 12.8 Å². The normalized spacial score (nSPS) is 9.45. The van der Waals surface area contributed by atoms with E-state index in [4.69, 9.17) is 5.26 Å². The van der Waals surface area contributed by atoms with Crippen LogP contribution in [0.3, 0.4) is 0 Å². The first-order valence-corrected chi connectivity index (χ1v) is 5.87. The zero-order chi connectivity index (χ0) is 8.36. The maximum absolute atomic E-state index is 8.26. The van der Waals surface area contributed by atoms with E-state index in [2.05, 4.69) is 28.7 Å². The Morgan fingerprint density at radius 1 is 0.909 bits per heavy atom. The highest BCUT2D eigenvalue weighted by molar-refractivity contribution is 14.1. The van der Waals surface area contributed by atoms with Crippen LogP contribution in [0.1, 0.15) is 44.9 Å². The van der Waals surface area contributed by atoms with Gasteiger partial charge in [0.25, 0.3) is 0 Å². The van der Waals surface area contributed by atoms with Crippen molar-refractivity contribution >= 4 is 22.6 Å². The lowest BCUT2D eigenvalue weighted by atomic mass is 10.1. The van der Waals surface area contributed by atoms with E-state index in [1.165, 1.54) is 36.5 Å². The molecule has 0 aliphatic rings. The summed E-state index contributed by atoms with van der Waals surface area (Å²) in [6.45, 7) is 0. The predicted octanol–water partition coefficient (Wildman–Crippen LogP) is 3.68. The molecular formula is C9H16IN. The molecule has 0 aliphatic carbocycles. The Labute approximate surface area is 83.3 Å². The first kappa shape index (κ1) is 11.2. The van der Waals surface area contributed by atoms with Crippen LogP contribution in [-0.2, 0) is 0 Å². The van der Waals surface area contributed by atoms with Gasteiger partial charge in [-0.2, -0.15) is 5.26 Å². The molecule has 0 saturated heterocycles. The number of hydrogen-bond acceptors (Lipinski definition) is 1. The summed E-state index contributed by atoms with van der Waals surface area (Å²) in [7, 11) is 0. The maximum atomic E-state index is 8.26. The van der Waals surface area contributed by atoms with Gasteiger partial charge in [-0.1, -0.05) is 48.3 Å². The third-order valence-corrected chi connectivity index (χ3v) is 2.44. The van der Waals surface area contributed by atoms with Crippen molar-refractivity contribution in [2.45, 2.75) is 44.9 Å². The highest BCUT2D eigenvalue weighted by Crippen LogP contribution is 2.07. The van der Waals surface area contributed by atoms with Crippen LogP contribution < -0.4 is 0 Å². The number of unbranched alkanes of at least 4 members (excludes halogenated alkanes) is 6. The molecule has 2 heteroatoms. The Kier molecular flexibility index (Phi) is 10.4. The first-order valence-electron chi connectivity index (χ1n) is 4.34. The molecule has 0 aromatic rings. The molecule has 0 unspecified atom stereocenters. The molecule has 0 aromatic carbocycles. The summed E-state index contributed by atoms with van der Waals surface area (Å²) in [5.74, 6) is 0. The van der Waals surface area contributed by atoms with Crippen molar-refractivity contribution < 1.29 is 0 Å². The van der Waals surface area contributed by atoms with E-state index < -0.39 is 0 Å². The zero-order valence-electron chi connectivity index (χ0n) is 6.98. The second-order valence-corrected chi connectivity index (χ2v) is 3.80. The highest BCUT2D eigenvalue weighted by Gasteiger charge is 1.89. The van der Waals surface area contributed by atoms with Gasteiger partial charge in [-0.15, -0.1) is 0 Å². The summed E-state index contributed by atoms with van der Waals surface area (Å²) in [5, 5.41) is 8.26. The van der Waals surface area contributed by atoms with Crippen LogP contribution in [-0.4, -0.2) is 4.43 Å². The molecule has 0 bridgehead atoms. The number of rotatable bonds is 7. The van der Waals surface area contributed by atoms with E-state index in [-0.39, 0.29) is 0 Å². The number of nitriles is 1. The molecule has 0 aromatic heterocycles. The lowest BCUT2D eigenvalue weighted by Crippen LogP contribution is -1.79. The number of halogens is 1. The molecule has 0 spiro atoms. The van der Waals surface area contributed by atoms with Gasteiger partial charge >= 0.3 is 0 Å². The topological polar surface area (TPSA) is 23.8 Å². The average molecular weight is 265 g/mol. The standard InChI is InChI=1S/C9H16IN/c10-8-6-4-2-1-3-5-7-9-11/h1-8H2. The van der Waals surface area contributed by atoms with Gasteiger partial charge in [-0.25, -0.2) is 0 Å².